The largest absolute Gasteiger partial charge is 0.322 e. The molecular weight excluding hydrogens is 480 g/mol. The lowest BCUT2D eigenvalue weighted by Gasteiger charge is -2.07. The molecule has 9 nitrogen and oxygen atoms in total. The van der Waals surface area contributed by atoms with Crippen LogP contribution in [0.15, 0.2) is 66.0 Å². The maximum atomic E-state index is 12.6. The molecule has 0 bridgehead atoms. The Labute approximate surface area is 202 Å². The highest BCUT2D eigenvalue weighted by Crippen LogP contribution is 2.31. The zero-order valence-corrected chi connectivity index (χ0v) is 19.1. The van der Waals surface area contributed by atoms with Crippen LogP contribution in [-0.4, -0.2) is 20.7 Å². The zero-order valence-electron chi connectivity index (χ0n) is 17.5. The average Bonchev–Trinajstić information content (AvgIpc) is 3.30. The summed E-state index contributed by atoms with van der Waals surface area (Å²) in [7, 11) is 0. The zero-order chi connectivity index (χ0) is 24.4. The van der Waals surface area contributed by atoms with Crippen LogP contribution in [0.4, 0.5) is 17.1 Å². The number of thiazole rings is 1. The van der Waals surface area contributed by atoms with Gasteiger partial charge in [0.15, 0.2) is 0 Å². The Kier molecular flexibility index (Phi) is 6.35. The van der Waals surface area contributed by atoms with Gasteiger partial charge in [0.2, 0.25) is 0 Å². The number of nitro benzene ring substituents is 2. The van der Waals surface area contributed by atoms with E-state index < -0.39 is 27.1 Å². The van der Waals surface area contributed by atoms with Gasteiger partial charge in [0.25, 0.3) is 17.3 Å². The van der Waals surface area contributed by atoms with Crippen LogP contribution >= 0.6 is 22.9 Å². The smallest absolute Gasteiger partial charge is 0.279 e. The van der Waals surface area contributed by atoms with Crippen molar-refractivity contribution in [1.29, 1.82) is 0 Å². The Morgan fingerprint density at radius 3 is 2.06 bits per heavy atom. The van der Waals surface area contributed by atoms with Crippen LogP contribution in [-0.2, 0) is 0 Å². The topological polar surface area (TPSA) is 128 Å². The number of nitrogens with one attached hydrogen (secondary N) is 1. The summed E-state index contributed by atoms with van der Waals surface area (Å²) in [5.41, 5.74) is 1.69. The monoisotopic (exact) mass is 494 g/mol. The number of nitrogens with zero attached hydrogens (tertiary/aromatic N) is 3. The Balaban J connectivity index is 1.53. The summed E-state index contributed by atoms with van der Waals surface area (Å²) in [6.45, 7) is 1.27. The SMILES string of the molecule is Cc1c([N+](=O)[O-])cc(C(=O)Nc2ccc(-c3csc(-c4ccc(Cl)cc4)n3)cc2)cc1[N+](=O)[O-]. The van der Waals surface area contributed by atoms with E-state index in [1.807, 2.05) is 17.5 Å². The van der Waals surface area contributed by atoms with Gasteiger partial charge < -0.3 is 5.32 Å². The molecule has 0 spiro atoms. The van der Waals surface area contributed by atoms with Crippen molar-refractivity contribution in [2.24, 2.45) is 0 Å². The van der Waals surface area contributed by atoms with Gasteiger partial charge in [-0.2, -0.15) is 0 Å². The molecule has 4 aromatic rings. The number of hydrogen-bond donors (Lipinski definition) is 1. The van der Waals surface area contributed by atoms with E-state index in [2.05, 4.69) is 10.3 Å². The summed E-state index contributed by atoms with van der Waals surface area (Å²) in [4.78, 5) is 38.3. The lowest BCUT2D eigenvalue weighted by Crippen LogP contribution is -2.13. The molecule has 1 heterocycles. The maximum absolute atomic E-state index is 12.6. The molecule has 3 aromatic carbocycles. The third-order valence-electron chi connectivity index (χ3n) is 5.04. The predicted molar refractivity (Wildman–Crippen MR) is 130 cm³/mol. The molecule has 11 heteroatoms. The van der Waals surface area contributed by atoms with E-state index in [1.165, 1.54) is 18.3 Å². The summed E-state index contributed by atoms with van der Waals surface area (Å²) >= 11 is 7.42. The summed E-state index contributed by atoms with van der Waals surface area (Å²) in [6, 6.07) is 16.3. The Morgan fingerprint density at radius 2 is 1.50 bits per heavy atom. The molecule has 0 aliphatic heterocycles. The first-order valence-electron chi connectivity index (χ1n) is 9.79. The summed E-state index contributed by atoms with van der Waals surface area (Å²) in [5, 5.41) is 28.5. The highest BCUT2D eigenvalue weighted by atomic mass is 35.5. The van der Waals surface area contributed by atoms with Crippen LogP contribution in [0.5, 0.6) is 0 Å². The lowest BCUT2D eigenvalue weighted by molar-refractivity contribution is -0.395. The molecule has 0 atom stereocenters. The molecule has 170 valence electrons. The van der Waals surface area contributed by atoms with Crippen molar-refractivity contribution in [2.45, 2.75) is 6.92 Å². The second-order valence-electron chi connectivity index (χ2n) is 7.23. The summed E-state index contributed by atoms with van der Waals surface area (Å²) in [6.07, 6.45) is 0. The van der Waals surface area contributed by atoms with Crippen LogP contribution < -0.4 is 5.32 Å². The first-order chi connectivity index (χ1) is 16.2. The molecular formula is C23H15ClN4O5S. The Hall–Kier alpha value is -4.15. The van der Waals surface area contributed by atoms with Gasteiger partial charge in [-0.15, -0.1) is 11.3 Å². The van der Waals surface area contributed by atoms with E-state index in [4.69, 9.17) is 11.6 Å². The molecule has 0 saturated carbocycles. The van der Waals surface area contributed by atoms with Crippen molar-refractivity contribution < 1.29 is 14.6 Å². The minimum atomic E-state index is -0.750. The number of rotatable bonds is 6. The number of amides is 1. The van der Waals surface area contributed by atoms with E-state index in [9.17, 15) is 25.0 Å². The number of aromatic nitrogens is 1. The fourth-order valence-electron chi connectivity index (χ4n) is 3.25. The molecule has 0 aliphatic rings. The van der Waals surface area contributed by atoms with Gasteiger partial charge in [-0.05, 0) is 31.2 Å². The number of anilines is 1. The van der Waals surface area contributed by atoms with Gasteiger partial charge in [0.1, 0.15) is 10.6 Å². The lowest BCUT2D eigenvalue weighted by atomic mass is 10.1. The second kappa shape index (κ2) is 9.38. The summed E-state index contributed by atoms with van der Waals surface area (Å²) < 4.78 is 0. The standard InChI is InChI=1S/C23H15ClN4O5S/c1-13-20(27(30)31)10-16(11-21(13)28(32)33)22(29)25-18-8-4-14(5-9-18)19-12-34-23(26-19)15-2-6-17(24)7-3-15/h2-12H,1H3,(H,25,29). The molecule has 0 aliphatic carbocycles. The van der Waals surface area contributed by atoms with Crippen molar-refractivity contribution in [3.05, 3.63) is 102 Å². The average molecular weight is 495 g/mol. The number of halogens is 1. The molecule has 0 radical (unpaired) electrons. The van der Waals surface area contributed by atoms with Crippen molar-refractivity contribution >= 4 is 45.9 Å². The van der Waals surface area contributed by atoms with Gasteiger partial charge in [-0.1, -0.05) is 35.9 Å². The number of nitro groups is 2. The summed E-state index contributed by atoms with van der Waals surface area (Å²) in [5.74, 6) is -0.697. The molecule has 34 heavy (non-hydrogen) atoms. The van der Waals surface area contributed by atoms with Crippen molar-refractivity contribution in [1.82, 2.24) is 4.98 Å². The van der Waals surface area contributed by atoms with Crippen LogP contribution in [0.1, 0.15) is 15.9 Å². The number of carbonyl (C=O) groups excluding carboxylic acids is 1. The van der Waals surface area contributed by atoms with Crippen LogP contribution in [0.3, 0.4) is 0 Å². The quantitative estimate of drug-likeness (QED) is 0.240. The molecule has 4 rings (SSSR count). The molecule has 0 fully saturated rings. The molecule has 1 aromatic heterocycles. The Morgan fingerprint density at radius 1 is 0.941 bits per heavy atom. The second-order valence-corrected chi connectivity index (χ2v) is 8.52. The number of hydrogen-bond acceptors (Lipinski definition) is 7. The predicted octanol–water partition coefficient (Wildman–Crippen LogP) is 6.51. The van der Waals surface area contributed by atoms with E-state index in [0.29, 0.717) is 10.7 Å². The molecule has 0 unspecified atom stereocenters. The van der Waals surface area contributed by atoms with Crippen LogP contribution in [0.25, 0.3) is 21.8 Å². The number of benzene rings is 3. The van der Waals surface area contributed by atoms with E-state index >= 15 is 0 Å². The van der Waals surface area contributed by atoms with Crippen molar-refractivity contribution in [3.63, 3.8) is 0 Å². The normalized spacial score (nSPS) is 10.6. The van der Waals surface area contributed by atoms with E-state index in [1.54, 1.807) is 36.4 Å². The van der Waals surface area contributed by atoms with E-state index in [0.717, 1.165) is 34.0 Å². The first kappa shape index (κ1) is 23.0. The number of carbonyl (C=O) groups is 1. The Bertz CT molecular complexity index is 1380. The molecule has 1 N–H and O–H groups in total. The van der Waals surface area contributed by atoms with Gasteiger partial charge >= 0.3 is 0 Å². The third kappa shape index (κ3) is 4.77. The highest BCUT2D eigenvalue weighted by molar-refractivity contribution is 7.13. The third-order valence-corrected chi connectivity index (χ3v) is 6.19. The molecule has 0 saturated heterocycles. The maximum Gasteiger partial charge on any atom is 0.279 e. The fraction of sp³-hybridized carbons (Fsp3) is 0.0435. The van der Waals surface area contributed by atoms with Crippen LogP contribution in [0, 0.1) is 27.2 Å². The highest BCUT2D eigenvalue weighted by Gasteiger charge is 2.25. The van der Waals surface area contributed by atoms with E-state index in [-0.39, 0.29) is 11.1 Å². The van der Waals surface area contributed by atoms with Gasteiger partial charge in [-0.25, -0.2) is 4.98 Å². The van der Waals surface area contributed by atoms with Gasteiger partial charge in [-0.3, -0.25) is 25.0 Å². The van der Waals surface area contributed by atoms with Crippen LogP contribution in [0.2, 0.25) is 5.02 Å². The first-order valence-corrected chi connectivity index (χ1v) is 11.1. The van der Waals surface area contributed by atoms with Gasteiger partial charge in [0.05, 0.1) is 21.1 Å². The fourth-order valence-corrected chi connectivity index (χ4v) is 4.21. The molecule has 1 amide bonds. The van der Waals surface area contributed by atoms with Crippen molar-refractivity contribution in [3.8, 4) is 21.8 Å². The van der Waals surface area contributed by atoms with Crippen molar-refractivity contribution in [2.75, 3.05) is 5.32 Å². The van der Waals surface area contributed by atoms with Gasteiger partial charge in [0, 0.05) is 39.3 Å². The minimum Gasteiger partial charge on any atom is -0.322 e. The minimum absolute atomic E-state index is 0.114.